The minimum absolute atomic E-state index is 0.0804. The van der Waals surface area contributed by atoms with Gasteiger partial charge in [-0.15, -0.1) is 0 Å². The summed E-state index contributed by atoms with van der Waals surface area (Å²) < 4.78 is 1.05. The molecule has 3 aromatic rings. The Morgan fingerprint density at radius 1 is 1.10 bits per heavy atom. The normalized spacial score (nSPS) is 10.7. The second-order valence-electron chi connectivity index (χ2n) is 6.68. The Labute approximate surface area is 166 Å². The highest BCUT2D eigenvalue weighted by Gasteiger charge is 2.17. The molecule has 8 nitrogen and oxygen atoms in total. The van der Waals surface area contributed by atoms with Crippen molar-refractivity contribution in [1.82, 2.24) is 19.8 Å². The number of amides is 2. The number of nitrogens with one attached hydrogen (secondary N) is 2. The van der Waals surface area contributed by atoms with E-state index in [1.807, 2.05) is 6.92 Å². The maximum atomic E-state index is 12.8. The van der Waals surface area contributed by atoms with Crippen LogP contribution in [0.1, 0.15) is 23.7 Å². The molecule has 3 rings (SSSR count). The third kappa shape index (κ3) is 4.26. The lowest BCUT2D eigenvalue weighted by atomic mass is 10.1. The van der Waals surface area contributed by atoms with Crippen molar-refractivity contribution in [2.45, 2.75) is 13.3 Å². The van der Waals surface area contributed by atoms with Crippen LogP contribution in [0.3, 0.4) is 0 Å². The number of hydrogen-bond donors (Lipinski definition) is 2. The van der Waals surface area contributed by atoms with Crippen LogP contribution < -0.4 is 16.6 Å². The van der Waals surface area contributed by atoms with Crippen molar-refractivity contribution < 1.29 is 9.59 Å². The molecular formula is C21H22N4O4. The smallest absolute Gasteiger partial charge is 0.333 e. The van der Waals surface area contributed by atoms with Crippen LogP contribution in [0.4, 0.5) is 0 Å². The van der Waals surface area contributed by atoms with Gasteiger partial charge in [0, 0.05) is 19.2 Å². The molecule has 29 heavy (non-hydrogen) atoms. The molecule has 0 atom stereocenters. The number of aromatic nitrogens is 2. The zero-order valence-electron chi connectivity index (χ0n) is 16.3. The summed E-state index contributed by atoms with van der Waals surface area (Å²) in [5, 5.41) is 3.00. The average Bonchev–Trinajstić information content (AvgIpc) is 2.72. The molecule has 0 unspecified atom stereocenters. The molecule has 0 fully saturated rings. The number of H-pyrrole nitrogens is 1. The van der Waals surface area contributed by atoms with Crippen LogP contribution in [0.5, 0.6) is 0 Å². The van der Waals surface area contributed by atoms with Crippen molar-refractivity contribution in [3.8, 4) is 5.69 Å². The summed E-state index contributed by atoms with van der Waals surface area (Å²) in [5.41, 5.74) is -0.0665. The van der Waals surface area contributed by atoms with Crippen LogP contribution in [0.2, 0.25) is 0 Å². The molecule has 0 aliphatic carbocycles. The predicted molar refractivity (Wildman–Crippen MR) is 110 cm³/mol. The summed E-state index contributed by atoms with van der Waals surface area (Å²) in [7, 11) is 1.52. The van der Waals surface area contributed by atoms with Gasteiger partial charge in [-0.1, -0.05) is 25.1 Å². The van der Waals surface area contributed by atoms with Gasteiger partial charge in [-0.3, -0.25) is 14.4 Å². The maximum Gasteiger partial charge on any atom is 0.333 e. The fourth-order valence-corrected chi connectivity index (χ4v) is 2.99. The first-order valence-electron chi connectivity index (χ1n) is 9.29. The second kappa shape index (κ2) is 8.55. The first-order chi connectivity index (χ1) is 13.9. The molecule has 0 radical (unpaired) electrons. The van der Waals surface area contributed by atoms with E-state index < -0.39 is 11.2 Å². The van der Waals surface area contributed by atoms with Crippen LogP contribution in [-0.2, 0) is 4.79 Å². The monoisotopic (exact) mass is 394 g/mol. The molecule has 1 heterocycles. The Kier molecular flexibility index (Phi) is 5.92. The van der Waals surface area contributed by atoms with E-state index in [4.69, 9.17) is 0 Å². The maximum absolute atomic E-state index is 12.8. The molecule has 2 N–H and O–H groups in total. The van der Waals surface area contributed by atoms with E-state index in [1.165, 1.54) is 30.1 Å². The van der Waals surface area contributed by atoms with E-state index in [0.29, 0.717) is 12.2 Å². The summed E-state index contributed by atoms with van der Waals surface area (Å²) in [4.78, 5) is 53.7. The van der Waals surface area contributed by atoms with Crippen LogP contribution in [0.25, 0.3) is 16.6 Å². The highest BCUT2D eigenvalue weighted by atomic mass is 16.2. The fraction of sp³-hybridized carbons (Fsp3) is 0.238. The standard InChI is InChI=1S/C21H22N4O4/c1-3-11-22-18(26)13-24(2)19(27)14-9-10-16-17(12-14)23-21(29)25(20(16)28)15-7-5-4-6-8-15/h4-10,12H,3,11,13H2,1-2H3,(H,22,26)(H,23,29). The lowest BCUT2D eigenvalue weighted by Gasteiger charge is -2.17. The molecule has 1 aromatic heterocycles. The Morgan fingerprint density at radius 2 is 1.83 bits per heavy atom. The van der Waals surface area contributed by atoms with Crippen molar-refractivity contribution in [3.05, 3.63) is 74.9 Å². The van der Waals surface area contributed by atoms with Gasteiger partial charge >= 0.3 is 5.69 Å². The molecule has 0 bridgehead atoms. The number of likely N-dealkylation sites (N-methyl/N-ethyl adjacent to an activating group) is 1. The Morgan fingerprint density at radius 3 is 2.52 bits per heavy atom. The van der Waals surface area contributed by atoms with Crippen molar-refractivity contribution in [3.63, 3.8) is 0 Å². The second-order valence-corrected chi connectivity index (χ2v) is 6.68. The molecule has 2 amide bonds. The van der Waals surface area contributed by atoms with Gasteiger partial charge in [-0.2, -0.15) is 0 Å². The number of para-hydroxylation sites is 1. The summed E-state index contributed by atoms with van der Waals surface area (Å²) in [6, 6.07) is 13.1. The fourth-order valence-electron chi connectivity index (χ4n) is 2.99. The molecule has 0 spiro atoms. The lowest BCUT2D eigenvalue weighted by Crippen LogP contribution is -2.38. The quantitative estimate of drug-likeness (QED) is 0.657. The molecule has 0 saturated heterocycles. The number of benzene rings is 2. The van der Waals surface area contributed by atoms with Crippen molar-refractivity contribution in [2.75, 3.05) is 20.1 Å². The minimum atomic E-state index is -0.592. The van der Waals surface area contributed by atoms with Gasteiger partial charge in [-0.05, 0) is 36.8 Å². The minimum Gasteiger partial charge on any atom is -0.355 e. The van der Waals surface area contributed by atoms with E-state index in [0.717, 1.165) is 11.0 Å². The molecule has 8 heteroatoms. The third-order valence-corrected chi connectivity index (χ3v) is 4.46. The molecule has 150 valence electrons. The van der Waals surface area contributed by atoms with Crippen LogP contribution >= 0.6 is 0 Å². The van der Waals surface area contributed by atoms with Crippen LogP contribution in [0, 0.1) is 0 Å². The average molecular weight is 394 g/mol. The third-order valence-electron chi connectivity index (χ3n) is 4.46. The number of carbonyl (C=O) groups excluding carboxylic acids is 2. The Bertz CT molecular complexity index is 1160. The zero-order chi connectivity index (χ0) is 21.0. The highest BCUT2D eigenvalue weighted by Crippen LogP contribution is 2.12. The summed E-state index contributed by atoms with van der Waals surface area (Å²) in [6.45, 7) is 2.41. The number of nitrogens with zero attached hydrogens (tertiary/aromatic N) is 2. The largest absolute Gasteiger partial charge is 0.355 e. The van der Waals surface area contributed by atoms with E-state index in [2.05, 4.69) is 10.3 Å². The number of carbonyl (C=O) groups is 2. The van der Waals surface area contributed by atoms with Gasteiger partial charge in [0.2, 0.25) is 5.91 Å². The number of hydrogen-bond acceptors (Lipinski definition) is 4. The topological polar surface area (TPSA) is 104 Å². The zero-order valence-corrected chi connectivity index (χ0v) is 16.3. The van der Waals surface area contributed by atoms with E-state index >= 15 is 0 Å². The lowest BCUT2D eigenvalue weighted by molar-refractivity contribution is -0.121. The summed E-state index contributed by atoms with van der Waals surface area (Å²) >= 11 is 0. The number of aromatic amines is 1. The van der Waals surface area contributed by atoms with Crippen LogP contribution in [0.15, 0.2) is 58.1 Å². The molecule has 0 aliphatic rings. The SMILES string of the molecule is CCCNC(=O)CN(C)C(=O)c1ccc2c(=O)n(-c3ccccc3)c(=O)[nH]c2c1. The summed E-state index contributed by atoms with van der Waals surface area (Å²) in [6.07, 6.45) is 0.807. The molecule has 0 aliphatic heterocycles. The van der Waals surface area contributed by atoms with E-state index in [1.54, 1.807) is 30.3 Å². The molecule has 0 saturated carbocycles. The van der Waals surface area contributed by atoms with Crippen molar-refractivity contribution >= 4 is 22.7 Å². The Hall–Kier alpha value is -3.68. The van der Waals surface area contributed by atoms with Gasteiger partial charge in [0.15, 0.2) is 0 Å². The van der Waals surface area contributed by atoms with Gasteiger partial charge in [0.1, 0.15) is 0 Å². The van der Waals surface area contributed by atoms with Gasteiger partial charge < -0.3 is 15.2 Å². The first kappa shape index (κ1) is 20.1. The highest BCUT2D eigenvalue weighted by molar-refractivity contribution is 5.99. The van der Waals surface area contributed by atoms with Crippen molar-refractivity contribution in [1.29, 1.82) is 0 Å². The molecule has 2 aromatic carbocycles. The van der Waals surface area contributed by atoms with Gasteiger partial charge in [-0.25, -0.2) is 9.36 Å². The summed E-state index contributed by atoms with van der Waals surface area (Å²) in [5.74, 6) is -0.630. The predicted octanol–water partition coefficient (Wildman–Crippen LogP) is 1.28. The number of fused-ring (bicyclic) bond motifs is 1. The number of rotatable bonds is 6. The Balaban J connectivity index is 1.93. The van der Waals surface area contributed by atoms with Gasteiger partial charge in [0.25, 0.3) is 11.5 Å². The van der Waals surface area contributed by atoms with E-state index in [9.17, 15) is 19.2 Å². The molecular weight excluding hydrogens is 372 g/mol. The van der Waals surface area contributed by atoms with E-state index in [-0.39, 0.29) is 34.8 Å². The van der Waals surface area contributed by atoms with Gasteiger partial charge in [0.05, 0.1) is 23.1 Å². The first-order valence-corrected chi connectivity index (χ1v) is 9.29. The van der Waals surface area contributed by atoms with Crippen LogP contribution in [-0.4, -0.2) is 46.4 Å². The van der Waals surface area contributed by atoms with Crippen molar-refractivity contribution in [2.24, 2.45) is 0 Å².